The topological polar surface area (TPSA) is 12.0 Å². The summed E-state index contributed by atoms with van der Waals surface area (Å²) in [5.41, 5.74) is 1.06. The van der Waals surface area contributed by atoms with Crippen LogP contribution in [0.25, 0.3) is 0 Å². The average Bonchev–Trinajstić information content (AvgIpc) is 2.73. The third-order valence-electron chi connectivity index (χ3n) is 4.74. The molecule has 0 radical (unpaired) electrons. The molecule has 1 aliphatic rings. The lowest BCUT2D eigenvalue weighted by Crippen LogP contribution is -2.42. The Labute approximate surface area is 126 Å². The standard InChI is InChI=1S/C17H25ClFN/c1-4-20-16(14-6-5-9-17(14,2)3)11-12-10-13(18)7-8-15(12)19/h7-8,10,14,16,20H,4-6,9,11H2,1-3H3. The van der Waals surface area contributed by atoms with Crippen molar-refractivity contribution in [1.82, 2.24) is 5.32 Å². The van der Waals surface area contributed by atoms with Gasteiger partial charge >= 0.3 is 0 Å². The van der Waals surface area contributed by atoms with E-state index in [-0.39, 0.29) is 5.82 Å². The molecular weight excluding hydrogens is 273 g/mol. The molecule has 0 amide bonds. The van der Waals surface area contributed by atoms with E-state index in [1.165, 1.54) is 25.3 Å². The summed E-state index contributed by atoms with van der Waals surface area (Å²) in [6, 6.07) is 5.18. The van der Waals surface area contributed by atoms with Crippen LogP contribution < -0.4 is 5.32 Å². The number of benzene rings is 1. The van der Waals surface area contributed by atoms with E-state index in [1.54, 1.807) is 12.1 Å². The SMILES string of the molecule is CCNC(Cc1cc(Cl)ccc1F)C1CCCC1(C)C. The molecule has 0 bridgehead atoms. The van der Waals surface area contributed by atoms with Crippen molar-refractivity contribution in [3.8, 4) is 0 Å². The Bertz CT molecular complexity index is 458. The van der Waals surface area contributed by atoms with Crippen molar-refractivity contribution in [2.75, 3.05) is 6.54 Å². The van der Waals surface area contributed by atoms with Crippen LogP contribution in [0.1, 0.15) is 45.6 Å². The van der Waals surface area contributed by atoms with E-state index in [2.05, 4.69) is 26.1 Å². The van der Waals surface area contributed by atoms with Gasteiger partial charge in [0.1, 0.15) is 5.82 Å². The summed E-state index contributed by atoms with van der Waals surface area (Å²) < 4.78 is 14.0. The average molecular weight is 298 g/mol. The first-order valence-corrected chi connectivity index (χ1v) is 7.99. The normalized spacial score (nSPS) is 22.9. The lowest BCUT2D eigenvalue weighted by molar-refractivity contribution is 0.196. The number of halogens is 2. The van der Waals surface area contributed by atoms with Crippen molar-refractivity contribution >= 4 is 11.6 Å². The van der Waals surface area contributed by atoms with Crippen molar-refractivity contribution in [2.24, 2.45) is 11.3 Å². The van der Waals surface area contributed by atoms with Gasteiger partial charge in [-0.1, -0.05) is 38.8 Å². The molecular formula is C17H25ClFN. The molecule has 2 rings (SSSR count). The second-order valence-electron chi connectivity index (χ2n) is 6.59. The van der Waals surface area contributed by atoms with Crippen LogP contribution >= 0.6 is 11.6 Å². The quantitative estimate of drug-likeness (QED) is 0.821. The molecule has 1 nitrogen and oxygen atoms in total. The van der Waals surface area contributed by atoms with Gasteiger partial charge in [-0.2, -0.15) is 0 Å². The van der Waals surface area contributed by atoms with Crippen LogP contribution in [0.3, 0.4) is 0 Å². The maximum absolute atomic E-state index is 14.0. The van der Waals surface area contributed by atoms with Gasteiger partial charge in [-0.3, -0.25) is 0 Å². The molecule has 2 unspecified atom stereocenters. The third-order valence-corrected chi connectivity index (χ3v) is 4.97. The predicted molar refractivity (Wildman–Crippen MR) is 83.7 cm³/mol. The van der Waals surface area contributed by atoms with Gasteiger partial charge in [-0.05, 0) is 60.9 Å². The Kier molecular flexibility index (Phi) is 5.09. The van der Waals surface area contributed by atoms with Gasteiger partial charge in [0, 0.05) is 11.1 Å². The maximum Gasteiger partial charge on any atom is 0.126 e. The Hall–Kier alpha value is -0.600. The summed E-state index contributed by atoms with van der Waals surface area (Å²) >= 11 is 6.01. The molecule has 1 N–H and O–H groups in total. The molecule has 0 aromatic heterocycles. The monoisotopic (exact) mass is 297 g/mol. The van der Waals surface area contributed by atoms with Gasteiger partial charge in [0.15, 0.2) is 0 Å². The van der Waals surface area contributed by atoms with Crippen LogP contribution in [-0.2, 0) is 6.42 Å². The molecule has 1 aliphatic carbocycles. The first-order chi connectivity index (χ1) is 9.44. The molecule has 1 fully saturated rings. The highest BCUT2D eigenvalue weighted by Crippen LogP contribution is 2.45. The minimum atomic E-state index is -0.145. The van der Waals surface area contributed by atoms with E-state index in [0.717, 1.165) is 12.1 Å². The molecule has 3 heteroatoms. The van der Waals surface area contributed by atoms with Gasteiger partial charge in [-0.15, -0.1) is 0 Å². The van der Waals surface area contributed by atoms with Crippen molar-refractivity contribution in [1.29, 1.82) is 0 Å². The van der Waals surface area contributed by atoms with Crippen LogP contribution in [0.5, 0.6) is 0 Å². The fourth-order valence-corrected chi connectivity index (χ4v) is 3.85. The van der Waals surface area contributed by atoms with E-state index in [9.17, 15) is 4.39 Å². The number of hydrogen-bond acceptors (Lipinski definition) is 1. The van der Waals surface area contributed by atoms with Crippen LogP contribution in [0, 0.1) is 17.2 Å². The number of rotatable bonds is 5. The molecule has 0 saturated heterocycles. The molecule has 20 heavy (non-hydrogen) atoms. The van der Waals surface area contributed by atoms with E-state index < -0.39 is 0 Å². The highest BCUT2D eigenvalue weighted by atomic mass is 35.5. The van der Waals surface area contributed by atoms with Crippen molar-refractivity contribution in [2.45, 2.75) is 52.5 Å². The molecule has 1 aromatic carbocycles. The minimum absolute atomic E-state index is 0.145. The van der Waals surface area contributed by atoms with Crippen LogP contribution in [0.2, 0.25) is 5.02 Å². The van der Waals surface area contributed by atoms with Crippen molar-refractivity contribution in [3.05, 3.63) is 34.6 Å². The molecule has 0 aliphatic heterocycles. The van der Waals surface area contributed by atoms with Crippen LogP contribution in [-0.4, -0.2) is 12.6 Å². The molecule has 0 spiro atoms. The smallest absolute Gasteiger partial charge is 0.126 e. The molecule has 112 valence electrons. The number of likely N-dealkylation sites (N-methyl/N-ethyl adjacent to an activating group) is 1. The summed E-state index contributed by atoms with van der Waals surface area (Å²) in [7, 11) is 0. The fourth-order valence-electron chi connectivity index (χ4n) is 3.66. The third kappa shape index (κ3) is 3.53. The Morgan fingerprint density at radius 1 is 1.45 bits per heavy atom. The highest BCUT2D eigenvalue weighted by molar-refractivity contribution is 6.30. The first kappa shape index (κ1) is 15.8. The summed E-state index contributed by atoms with van der Waals surface area (Å²) in [6.45, 7) is 7.70. The fraction of sp³-hybridized carbons (Fsp3) is 0.647. The molecule has 0 heterocycles. The van der Waals surface area contributed by atoms with E-state index in [4.69, 9.17) is 11.6 Å². The van der Waals surface area contributed by atoms with Gasteiger partial charge < -0.3 is 5.32 Å². The van der Waals surface area contributed by atoms with Gasteiger partial charge in [0.2, 0.25) is 0 Å². The minimum Gasteiger partial charge on any atom is -0.314 e. The van der Waals surface area contributed by atoms with E-state index >= 15 is 0 Å². The molecule has 2 atom stereocenters. The summed E-state index contributed by atoms with van der Waals surface area (Å²) in [5, 5.41) is 4.18. The molecule has 1 saturated carbocycles. The second kappa shape index (κ2) is 6.44. The summed E-state index contributed by atoms with van der Waals surface area (Å²) in [6.07, 6.45) is 4.48. The lowest BCUT2D eigenvalue weighted by atomic mass is 9.76. The second-order valence-corrected chi connectivity index (χ2v) is 7.03. The van der Waals surface area contributed by atoms with Crippen molar-refractivity contribution < 1.29 is 4.39 Å². The van der Waals surface area contributed by atoms with Gasteiger partial charge in [0.05, 0.1) is 0 Å². The maximum atomic E-state index is 14.0. The highest BCUT2D eigenvalue weighted by Gasteiger charge is 2.39. The van der Waals surface area contributed by atoms with E-state index in [0.29, 0.717) is 28.8 Å². The zero-order chi connectivity index (χ0) is 14.8. The Morgan fingerprint density at radius 2 is 2.20 bits per heavy atom. The Balaban J connectivity index is 2.19. The molecule has 1 aromatic rings. The first-order valence-electron chi connectivity index (χ1n) is 7.61. The zero-order valence-electron chi connectivity index (χ0n) is 12.7. The largest absolute Gasteiger partial charge is 0.314 e. The number of nitrogens with one attached hydrogen (secondary N) is 1. The van der Waals surface area contributed by atoms with Gasteiger partial charge in [-0.25, -0.2) is 4.39 Å². The van der Waals surface area contributed by atoms with E-state index in [1.807, 2.05) is 0 Å². The van der Waals surface area contributed by atoms with Gasteiger partial charge in [0.25, 0.3) is 0 Å². The lowest BCUT2D eigenvalue weighted by Gasteiger charge is -2.35. The van der Waals surface area contributed by atoms with Crippen molar-refractivity contribution in [3.63, 3.8) is 0 Å². The number of hydrogen-bond donors (Lipinski definition) is 1. The Morgan fingerprint density at radius 3 is 2.80 bits per heavy atom. The summed E-state index contributed by atoms with van der Waals surface area (Å²) in [4.78, 5) is 0. The predicted octanol–water partition coefficient (Wildman–Crippen LogP) is 4.83. The zero-order valence-corrected chi connectivity index (χ0v) is 13.4. The summed E-state index contributed by atoms with van der Waals surface area (Å²) in [5.74, 6) is 0.453. The van der Waals surface area contributed by atoms with Crippen LogP contribution in [0.4, 0.5) is 4.39 Å². The van der Waals surface area contributed by atoms with Crippen LogP contribution in [0.15, 0.2) is 18.2 Å².